The molecule has 0 saturated carbocycles. The summed E-state index contributed by atoms with van der Waals surface area (Å²) in [5, 5.41) is 0. The Morgan fingerprint density at radius 2 is 1.97 bits per heavy atom. The standard InChI is InChI=1S/C22H21N5O2/c1-25-11-12-26(22(28)20-5-3-13-29-20)15-19(25)17-14-27-18(4-2-6-21(27)24-17)16-7-9-23-10-8-16/h2-10,13-14,19H,11-12,15H2,1H3/t19-/m1/s1. The van der Waals surface area contributed by atoms with Crippen molar-refractivity contribution in [2.24, 2.45) is 0 Å². The highest BCUT2D eigenvalue weighted by atomic mass is 16.3. The van der Waals surface area contributed by atoms with Crippen molar-refractivity contribution in [2.45, 2.75) is 6.04 Å². The van der Waals surface area contributed by atoms with Crippen molar-refractivity contribution in [1.82, 2.24) is 24.2 Å². The molecule has 4 aromatic heterocycles. The van der Waals surface area contributed by atoms with Gasteiger partial charge in [0.1, 0.15) is 5.65 Å². The first-order valence-corrected chi connectivity index (χ1v) is 9.62. The number of nitrogens with zero attached hydrogens (tertiary/aromatic N) is 5. The molecule has 146 valence electrons. The molecule has 5 heterocycles. The molecule has 0 radical (unpaired) electrons. The summed E-state index contributed by atoms with van der Waals surface area (Å²) in [6.45, 7) is 2.02. The smallest absolute Gasteiger partial charge is 0.289 e. The van der Waals surface area contributed by atoms with Crippen molar-refractivity contribution in [3.63, 3.8) is 0 Å². The summed E-state index contributed by atoms with van der Waals surface area (Å²) >= 11 is 0. The quantitative estimate of drug-likeness (QED) is 0.540. The van der Waals surface area contributed by atoms with Gasteiger partial charge in [0.15, 0.2) is 5.76 Å². The van der Waals surface area contributed by atoms with Crippen molar-refractivity contribution >= 4 is 11.6 Å². The van der Waals surface area contributed by atoms with Gasteiger partial charge in [-0.1, -0.05) is 6.07 Å². The van der Waals surface area contributed by atoms with Crippen molar-refractivity contribution in [3.8, 4) is 11.3 Å². The summed E-state index contributed by atoms with van der Waals surface area (Å²) in [5.41, 5.74) is 3.98. The van der Waals surface area contributed by atoms with E-state index >= 15 is 0 Å². The third-order valence-corrected chi connectivity index (χ3v) is 5.50. The Hall–Kier alpha value is -3.45. The SMILES string of the molecule is CN1CCN(C(=O)c2ccco2)C[C@@H]1c1cn2c(-c3ccncc3)cccc2n1. The predicted octanol–water partition coefficient (Wildman–Crippen LogP) is 3.12. The van der Waals surface area contributed by atoms with Gasteiger partial charge < -0.3 is 9.32 Å². The maximum atomic E-state index is 12.7. The number of likely N-dealkylation sites (N-methyl/N-ethyl adjacent to an activating group) is 1. The van der Waals surface area contributed by atoms with Gasteiger partial charge in [0, 0.05) is 43.8 Å². The second-order valence-corrected chi connectivity index (χ2v) is 7.27. The number of piperazine rings is 1. The highest BCUT2D eigenvalue weighted by Crippen LogP contribution is 2.27. The number of rotatable bonds is 3. The first-order chi connectivity index (χ1) is 14.2. The molecule has 0 unspecified atom stereocenters. The number of pyridine rings is 2. The molecule has 1 atom stereocenters. The number of carbonyl (C=O) groups is 1. The van der Waals surface area contributed by atoms with Crippen LogP contribution in [0.2, 0.25) is 0 Å². The molecular formula is C22H21N5O2. The number of carbonyl (C=O) groups excluding carboxylic acids is 1. The molecule has 0 aromatic carbocycles. The maximum absolute atomic E-state index is 12.7. The zero-order valence-electron chi connectivity index (χ0n) is 16.1. The fraction of sp³-hybridized carbons (Fsp3) is 0.227. The van der Waals surface area contributed by atoms with E-state index in [2.05, 4.69) is 33.6 Å². The minimum atomic E-state index is -0.0747. The summed E-state index contributed by atoms with van der Waals surface area (Å²) in [6, 6.07) is 13.5. The Balaban J connectivity index is 1.49. The number of aromatic nitrogens is 3. The van der Waals surface area contributed by atoms with Gasteiger partial charge in [-0.2, -0.15) is 0 Å². The van der Waals surface area contributed by atoms with E-state index in [1.165, 1.54) is 6.26 Å². The van der Waals surface area contributed by atoms with Gasteiger partial charge in [0.05, 0.1) is 23.7 Å². The molecule has 7 heteroatoms. The number of furan rings is 1. The van der Waals surface area contributed by atoms with Crippen LogP contribution in [-0.2, 0) is 0 Å². The molecule has 0 spiro atoms. The third-order valence-electron chi connectivity index (χ3n) is 5.50. The molecule has 0 bridgehead atoms. The number of fused-ring (bicyclic) bond motifs is 1. The summed E-state index contributed by atoms with van der Waals surface area (Å²) < 4.78 is 7.40. The molecule has 1 aliphatic heterocycles. The van der Waals surface area contributed by atoms with E-state index in [1.807, 2.05) is 29.2 Å². The van der Waals surface area contributed by atoms with Gasteiger partial charge >= 0.3 is 0 Å². The van der Waals surface area contributed by atoms with E-state index in [4.69, 9.17) is 9.40 Å². The molecule has 1 fully saturated rings. The van der Waals surface area contributed by atoms with Gasteiger partial charge in [-0.25, -0.2) is 4.98 Å². The first-order valence-electron chi connectivity index (χ1n) is 9.62. The van der Waals surface area contributed by atoms with E-state index in [-0.39, 0.29) is 11.9 Å². The van der Waals surface area contributed by atoms with E-state index in [1.54, 1.807) is 24.5 Å². The number of amides is 1. The highest BCUT2D eigenvalue weighted by Gasteiger charge is 2.31. The Morgan fingerprint density at radius 3 is 2.76 bits per heavy atom. The largest absolute Gasteiger partial charge is 0.459 e. The molecule has 1 amide bonds. The normalized spacial score (nSPS) is 17.7. The van der Waals surface area contributed by atoms with Crippen molar-refractivity contribution in [3.05, 3.63) is 78.8 Å². The van der Waals surface area contributed by atoms with Crippen LogP contribution in [0, 0.1) is 0 Å². The molecule has 1 aliphatic rings. The van der Waals surface area contributed by atoms with Crippen LogP contribution in [0.3, 0.4) is 0 Å². The van der Waals surface area contributed by atoms with Gasteiger partial charge in [-0.05, 0) is 43.4 Å². The lowest BCUT2D eigenvalue weighted by molar-refractivity contribution is 0.0512. The molecular weight excluding hydrogens is 366 g/mol. The fourth-order valence-corrected chi connectivity index (χ4v) is 3.88. The predicted molar refractivity (Wildman–Crippen MR) is 108 cm³/mol. The summed E-state index contributed by atoms with van der Waals surface area (Å²) in [5.74, 6) is 0.303. The molecule has 0 N–H and O–H groups in total. The van der Waals surface area contributed by atoms with Crippen LogP contribution < -0.4 is 0 Å². The van der Waals surface area contributed by atoms with Crippen LogP contribution in [0.5, 0.6) is 0 Å². The average Bonchev–Trinajstić information content (AvgIpc) is 3.44. The maximum Gasteiger partial charge on any atom is 0.289 e. The topological polar surface area (TPSA) is 66.9 Å². The molecule has 7 nitrogen and oxygen atoms in total. The van der Waals surface area contributed by atoms with Crippen molar-refractivity contribution in [2.75, 3.05) is 26.7 Å². The van der Waals surface area contributed by atoms with Gasteiger partial charge in [0.2, 0.25) is 0 Å². The number of imidazole rings is 1. The highest BCUT2D eigenvalue weighted by molar-refractivity contribution is 5.91. The third kappa shape index (κ3) is 3.19. The second kappa shape index (κ2) is 7.18. The van der Waals surface area contributed by atoms with Crippen molar-refractivity contribution < 1.29 is 9.21 Å². The minimum Gasteiger partial charge on any atom is -0.459 e. The lowest BCUT2D eigenvalue weighted by Gasteiger charge is -2.38. The Labute approximate surface area is 168 Å². The first kappa shape index (κ1) is 17.6. The van der Waals surface area contributed by atoms with Gasteiger partial charge in [0.25, 0.3) is 5.91 Å². The molecule has 5 rings (SSSR count). The van der Waals surface area contributed by atoms with Crippen LogP contribution >= 0.6 is 0 Å². The molecule has 1 saturated heterocycles. The van der Waals surface area contributed by atoms with E-state index < -0.39 is 0 Å². The summed E-state index contributed by atoms with van der Waals surface area (Å²) in [4.78, 5) is 25.8. The van der Waals surface area contributed by atoms with Crippen LogP contribution in [0.25, 0.3) is 16.9 Å². The van der Waals surface area contributed by atoms with Crippen LogP contribution in [0.1, 0.15) is 22.3 Å². The van der Waals surface area contributed by atoms with Crippen LogP contribution in [0.15, 0.2) is 71.7 Å². The van der Waals surface area contributed by atoms with Crippen LogP contribution in [-0.4, -0.2) is 56.8 Å². The minimum absolute atomic E-state index is 0.0212. The summed E-state index contributed by atoms with van der Waals surface area (Å²) in [7, 11) is 2.08. The average molecular weight is 387 g/mol. The molecule has 29 heavy (non-hydrogen) atoms. The Morgan fingerprint density at radius 1 is 1.10 bits per heavy atom. The lowest BCUT2D eigenvalue weighted by Crippen LogP contribution is -2.49. The monoisotopic (exact) mass is 387 g/mol. The number of hydrogen-bond acceptors (Lipinski definition) is 5. The fourth-order valence-electron chi connectivity index (χ4n) is 3.88. The van der Waals surface area contributed by atoms with E-state index in [0.717, 1.165) is 29.1 Å². The molecule has 4 aromatic rings. The molecule has 0 aliphatic carbocycles. The Kier molecular flexibility index (Phi) is 4.37. The van der Waals surface area contributed by atoms with E-state index in [9.17, 15) is 4.79 Å². The zero-order valence-corrected chi connectivity index (χ0v) is 16.1. The van der Waals surface area contributed by atoms with Gasteiger partial charge in [-0.3, -0.25) is 19.1 Å². The van der Waals surface area contributed by atoms with E-state index in [0.29, 0.717) is 18.8 Å². The second-order valence-electron chi connectivity index (χ2n) is 7.27. The lowest BCUT2D eigenvalue weighted by atomic mass is 10.1. The number of hydrogen-bond donors (Lipinski definition) is 0. The zero-order chi connectivity index (χ0) is 19.8. The Bertz CT molecular complexity index is 1140. The van der Waals surface area contributed by atoms with Crippen LogP contribution in [0.4, 0.5) is 0 Å². The summed E-state index contributed by atoms with van der Waals surface area (Å²) in [6.07, 6.45) is 7.19. The van der Waals surface area contributed by atoms with Gasteiger partial charge in [-0.15, -0.1) is 0 Å². The van der Waals surface area contributed by atoms with Crippen molar-refractivity contribution in [1.29, 1.82) is 0 Å².